The van der Waals surface area contributed by atoms with Gasteiger partial charge in [-0.3, -0.25) is 0 Å². The number of aryl methyl sites for hydroxylation is 1. The van der Waals surface area contributed by atoms with E-state index in [0.717, 1.165) is 35.9 Å². The van der Waals surface area contributed by atoms with Crippen molar-refractivity contribution in [3.8, 4) is 5.69 Å². The fourth-order valence-corrected chi connectivity index (χ4v) is 4.15. The van der Waals surface area contributed by atoms with E-state index in [1.165, 1.54) is 34.5 Å². The molecular weight excluding hydrogens is 338 g/mol. The molecule has 4 rings (SSSR count). The number of rotatable bonds is 3. The van der Waals surface area contributed by atoms with Gasteiger partial charge >= 0.3 is 0 Å². The Bertz CT molecular complexity index is 852. The number of anilines is 1. The highest BCUT2D eigenvalue weighted by atomic mass is 35.5. The molecule has 3 heterocycles. The van der Waals surface area contributed by atoms with Gasteiger partial charge in [-0.15, -0.1) is 11.3 Å². The van der Waals surface area contributed by atoms with E-state index >= 15 is 0 Å². The molecule has 1 aromatic carbocycles. The minimum absolute atomic E-state index is 0.744. The van der Waals surface area contributed by atoms with Crippen molar-refractivity contribution in [2.45, 2.75) is 32.6 Å². The van der Waals surface area contributed by atoms with Crippen molar-refractivity contribution < 1.29 is 0 Å². The van der Waals surface area contributed by atoms with Gasteiger partial charge < -0.3 is 5.32 Å². The Balaban J connectivity index is 1.84. The van der Waals surface area contributed by atoms with Gasteiger partial charge in [0.15, 0.2) is 0 Å². The SMILES string of the molecule is Cc1ccc(Cl)cc1-n1nc(Cc2cccs2)c2c1NCCCC2. The van der Waals surface area contributed by atoms with E-state index in [1.807, 2.05) is 12.1 Å². The van der Waals surface area contributed by atoms with E-state index in [4.69, 9.17) is 16.7 Å². The van der Waals surface area contributed by atoms with Crippen molar-refractivity contribution >= 4 is 28.8 Å². The molecule has 5 heteroatoms. The molecule has 0 spiro atoms. The van der Waals surface area contributed by atoms with Crippen LogP contribution in [0.1, 0.15) is 34.5 Å². The summed E-state index contributed by atoms with van der Waals surface area (Å²) in [6.07, 6.45) is 4.39. The number of benzene rings is 1. The van der Waals surface area contributed by atoms with Crippen LogP contribution in [0.5, 0.6) is 0 Å². The molecule has 0 saturated carbocycles. The second-order valence-corrected chi connectivity index (χ2v) is 7.73. The van der Waals surface area contributed by atoms with Crippen LogP contribution >= 0.6 is 22.9 Å². The number of hydrogen-bond acceptors (Lipinski definition) is 3. The zero-order valence-electron chi connectivity index (χ0n) is 13.7. The highest BCUT2D eigenvalue weighted by Gasteiger charge is 2.21. The number of hydrogen-bond donors (Lipinski definition) is 1. The lowest BCUT2D eigenvalue weighted by Crippen LogP contribution is -2.08. The highest BCUT2D eigenvalue weighted by molar-refractivity contribution is 7.09. The van der Waals surface area contributed by atoms with E-state index < -0.39 is 0 Å². The molecule has 0 aliphatic carbocycles. The molecule has 0 radical (unpaired) electrons. The molecule has 3 aromatic rings. The summed E-state index contributed by atoms with van der Waals surface area (Å²) in [7, 11) is 0. The lowest BCUT2D eigenvalue weighted by Gasteiger charge is -2.12. The normalized spacial score (nSPS) is 14.1. The molecule has 3 nitrogen and oxygen atoms in total. The van der Waals surface area contributed by atoms with Gasteiger partial charge in [-0.05, 0) is 55.3 Å². The largest absolute Gasteiger partial charge is 0.370 e. The molecule has 0 amide bonds. The first-order valence-corrected chi connectivity index (χ1v) is 9.61. The predicted octanol–water partition coefficient (Wildman–Crippen LogP) is 5.23. The number of halogens is 1. The number of thiophene rings is 1. The minimum atomic E-state index is 0.744. The van der Waals surface area contributed by atoms with E-state index in [2.05, 4.69) is 40.5 Å². The second kappa shape index (κ2) is 6.61. The monoisotopic (exact) mass is 357 g/mol. The quantitative estimate of drug-likeness (QED) is 0.695. The smallest absolute Gasteiger partial charge is 0.133 e. The maximum Gasteiger partial charge on any atom is 0.133 e. The second-order valence-electron chi connectivity index (χ2n) is 6.26. The number of fused-ring (bicyclic) bond motifs is 1. The van der Waals surface area contributed by atoms with Gasteiger partial charge in [-0.1, -0.05) is 23.7 Å². The first-order valence-electron chi connectivity index (χ1n) is 8.36. The Hall–Kier alpha value is -1.78. The Morgan fingerprint density at radius 2 is 2.21 bits per heavy atom. The number of aromatic nitrogens is 2. The molecule has 0 unspecified atom stereocenters. The van der Waals surface area contributed by atoms with Crippen LogP contribution in [0.4, 0.5) is 5.82 Å². The lowest BCUT2D eigenvalue weighted by molar-refractivity contribution is 0.767. The van der Waals surface area contributed by atoms with Crippen LogP contribution in [0.25, 0.3) is 5.69 Å². The van der Waals surface area contributed by atoms with Gasteiger partial charge in [0.25, 0.3) is 0 Å². The maximum atomic E-state index is 6.24. The summed E-state index contributed by atoms with van der Waals surface area (Å²) < 4.78 is 2.06. The van der Waals surface area contributed by atoms with Crippen molar-refractivity contribution in [2.24, 2.45) is 0 Å². The average molecular weight is 358 g/mol. The molecular formula is C19H20ClN3S. The summed E-state index contributed by atoms with van der Waals surface area (Å²) in [5, 5.41) is 11.5. The van der Waals surface area contributed by atoms with Crippen molar-refractivity contribution in [1.82, 2.24) is 9.78 Å². The van der Waals surface area contributed by atoms with E-state index in [9.17, 15) is 0 Å². The van der Waals surface area contributed by atoms with E-state index in [1.54, 1.807) is 11.3 Å². The molecule has 24 heavy (non-hydrogen) atoms. The third-order valence-corrected chi connectivity index (χ3v) is 5.65. The summed E-state index contributed by atoms with van der Waals surface area (Å²) in [6, 6.07) is 10.3. The van der Waals surface area contributed by atoms with Gasteiger partial charge in [0.2, 0.25) is 0 Å². The molecule has 0 atom stereocenters. The first-order chi connectivity index (χ1) is 11.7. The van der Waals surface area contributed by atoms with Gasteiger partial charge in [-0.25, -0.2) is 4.68 Å². The third-order valence-electron chi connectivity index (χ3n) is 4.53. The maximum absolute atomic E-state index is 6.24. The summed E-state index contributed by atoms with van der Waals surface area (Å²) in [4.78, 5) is 1.36. The van der Waals surface area contributed by atoms with Crippen LogP contribution in [0, 0.1) is 6.92 Å². The van der Waals surface area contributed by atoms with Crippen LogP contribution in [-0.4, -0.2) is 16.3 Å². The highest BCUT2D eigenvalue weighted by Crippen LogP contribution is 2.31. The topological polar surface area (TPSA) is 29.9 Å². The van der Waals surface area contributed by atoms with Crippen molar-refractivity contribution in [1.29, 1.82) is 0 Å². The summed E-state index contributed by atoms with van der Waals surface area (Å²) in [5.74, 6) is 1.14. The van der Waals surface area contributed by atoms with Gasteiger partial charge in [0.1, 0.15) is 5.82 Å². The lowest BCUT2D eigenvalue weighted by atomic mass is 10.1. The fraction of sp³-hybridized carbons (Fsp3) is 0.316. The number of nitrogens with one attached hydrogen (secondary N) is 1. The van der Waals surface area contributed by atoms with Gasteiger partial charge in [-0.2, -0.15) is 5.10 Å². The molecule has 1 aliphatic heterocycles. The zero-order chi connectivity index (χ0) is 16.5. The summed E-state index contributed by atoms with van der Waals surface area (Å²) >= 11 is 8.04. The Labute approximate surface area is 151 Å². The summed E-state index contributed by atoms with van der Waals surface area (Å²) in [5.41, 5.74) is 4.78. The van der Waals surface area contributed by atoms with Crippen LogP contribution in [0.2, 0.25) is 5.02 Å². The van der Waals surface area contributed by atoms with Crippen molar-refractivity contribution in [3.63, 3.8) is 0 Å². The molecule has 1 N–H and O–H groups in total. The molecule has 1 aliphatic rings. The van der Waals surface area contributed by atoms with E-state index in [0.29, 0.717) is 0 Å². The van der Waals surface area contributed by atoms with Crippen LogP contribution in [-0.2, 0) is 12.8 Å². The van der Waals surface area contributed by atoms with E-state index in [-0.39, 0.29) is 0 Å². The Kier molecular flexibility index (Phi) is 4.33. The van der Waals surface area contributed by atoms with Crippen LogP contribution < -0.4 is 5.32 Å². The van der Waals surface area contributed by atoms with Crippen LogP contribution in [0.15, 0.2) is 35.7 Å². The minimum Gasteiger partial charge on any atom is -0.370 e. The molecule has 0 fully saturated rings. The third kappa shape index (κ3) is 2.96. The Morgan fingerprint density at radius 3 is 3.04 bits per heavy atom. The molecule has 0 bridgehead atoms. The number of nitrogens with zero attached hydrogens (tertiary/aromatic N) is 2. The van der Waals surface area contributed by atoms with Crippen LogP contribution in [0.3, 0.4) is 0 Å². The average Bonchev–Trinajstić information content (AvgIpc) is 3.12. The standard InChI is InChI=1S/C19H20ClN3S/c1-13-7-8-14(20)11-18(13)23-19-16(6-2-3-9-21-19)17(22-23)12-15-5-4-10-24-15/h4-5,7-8,10-11,21H,2-3,6,9,12H2,1H3. The van der Waals surface area contributed by atoms with Gasteiger partial charge in [0.05, 0.1) is 11.4 Å². The molecule has 124 valence electrons. The van der Waals surface area contributed by atoms with Crippen molar-refractivity contribution in [2.75, 3.05) is 11.9 Å². The molecule has 0 saturated heterocycles. The predicted molar refractivity (Wildman–Crippen MR) is 102 cm³/mol. The van der Waals surface area contributed by atoms with Gasteiger partial charge in [0, 0.05) is 28.4 Å². The van der Waals surface area contributed by atoms with Crippen molar-refractivity contribution in [3.05, 3.63) is 62.4 Å². The first kappa shape index (κ1) is 15.7. The Morgan fingerprint density at radius 1 is 1.29 bits per heavy atom. The molecule has 2 aromatic heterocycles. The summed E-state index contributed by atoms with van der Waals surface area (Å²) in [6.45, 7) is 3.10. The zero-order valence-corrected chi connectivity index (χ0v) is 15.3. The fourth-order valence-electron chi connectivity index (χ4n) is 3.28.